The van der Waals surface area contributed by atoms with Crippen LogP contribution in [0.1, 0.15) is 206 Å². The molecule has 0 aromatic heterocycles. The summed E-state index contributed by atoms with van der Waals surface area (Å²) in [5, 5.41) is 11.8. The van der Waals surface area contributed by atoms with Gasteiger partial charge in [0.05, 0.1) is 40.3 Å². The summed E-state index contributed by atoms with van der Waals surface area (Å²) in [7, 11) is 5.89. The maximum Gasteiger partial charge on any atom is 0.306 e. The smallest absolute Gasteiger partial charge is 0.306 e. The van der Waals surface area contributed by atoms with Crippen molar-refractivity contribution in [3.63, 3.8) is 0 Å². The summed E-state index contributed by atoms with van der Waals surface area (Å²) in [4.78, 5) is 37.3. The van der Waals surface area contributed by atoms with Crippen LogP contribution < -0.4 is 5.11 Å². The van der Waals surface area contributed by atoms with E-state index in [0.29, 0.717) is 23.9 Å². The van der Waals surface area contributed by atoms with E-state index in [0.717, 1.165) is 141 Å². The number of hydrogen-bond donors (Lipinski definition) is 0. The van der Waals surface area contributed by atoms with Gasteiger partial charge < -0.3 is 33.3 Å². The topological polar surface area (TPSA) is 111 Å². The van der Waals surface area contributed by atoms with Gasteiger partial charge in [0.15, 0.2) is 12.4 Å². The molecule has 9 heteroatoms. The number of allylic oxidation sites excluding steroid dienone is 26. The van der Waals surface area contributed by atoms with E-state index in [1.54, 1.807) is 0 Å². The lowest BCUT2D eigenvalue weighted by Crippen LogP contribution is -2.44. The number of carboxylic acids is 1. The van der Waals surface area contributed by atoms with Crippen LogP contribution in [0.4, 0.5) is 0 Å². The van der Waals surface area contributed by atoms with Crippen LogP contribution in [0.15, 0.2) is 158 Å². The Morgan fingerprint density at radius 1 is 0.392 bits per heavy atom. The second-order valence-corrected chi connectivity index (χ2v) is 20.9. The van der Waals surface area contributed by atoms with Gasteiger partial charge >= 0.3 is 11.9 Å². The minimum Gasteiger partial charge on any atom is -0.545 e. The SMILES string of the molecule is CC/C=C\C/C=C\C/C=C\C/C=C\C/C=C\C/C=C\C/C=C\C/C=C\C/C=C\C/C=C\CCCCCCC(=O)OC(COC(=O)CCCCCCCC/C=C\C/C=C\C/C=C\CCCCC)COC(OCC[N+](C)(C)C)C(=O)[O-]. The Hall–Kier alpha value is -5.09. The number of carbonyl (C=O) groups excluding carboxylic acids is 3. The third-order valence-corrected chi connectivity index (χ3v) is 12.3. The molecule has 2 unspecified atom stereocenters. The van der Waals surface area contributed by atoms with Gasteiger partial charge in [-0.15, -0.1) is 0 Å². The zero-order valence-electron chi connectivity index (χ0n) is 50.4. The number of aliphatic carboxylic acids is 1. The van der Waals surface area contributed by atoms with E-state index < -0.39 is 24.3 Å². The summed E-state index contributed by atoms with van der Waals surface area (Å²) >= 11 is 0. The highest BCUT2D eigenvalue weighted by Crippen LogP contribution is 2.13. The van der Waals surface area contributed by atoms with Gasteiger partial charge in [-0.05, 0) is 128 Å². The minimum atomic E-state index is -1.64. The van der Waals surface area contributed by atoms with Crippen molar-refractivity contribution in [1.82, 2.24) is 0 Å². The van der Waals surface area contributed by atoms with Gasteiger partial charge in [-0.25, -0.2) is 0 Å². The molecule has 0 fully saturated rings. The first-order chi connectivity index (χ1) is 38.6. The Morgan fingerprint density at radius 2 is 0.722 bits per heavy atom. The van der Waals surface area contributed by atoms with Crippen LogP contribution in [0.25, 0.3) is 0 Å². The number of esters is 2. The summed E-state index contributed by atoms with van der Waals surface area (Å²) in [6.07, 6.45) is 84.3. The number of carbonyl (C=O) groups is 3. The molecule has 9 nitrogen and oxygen atoms in total. The summed E-state index contributed by atoms with van der Waals surface area (Å²) in [5.41, 5.74) is 0. The summed E-state index contributed by atoms with van der Waals surface area (Å²) in [6, 6.07) is 0. The number of unbranched alkanes of at least 4 members (excludes halogenated alkanes) is 13. The summed E-state index contributed by atoms with van der Waals surface area (Å²) in [6.45, 7) is 4.53. The van der Waals surface area contributed by atoms with E-state index in [4.69, 9.17) is 18.9 Å². The number of rotatable bonds is 54. The highest BCUT2D eigenvalue weighted by atomic mass is 16.7. The second-order valence-electron chi connectivity index (χ2n) is 20.9. The first-order valence-corrected chi connectivity index (χ1v) is 30.6. The number of quaternary nitrogens is 1. The average molecular weight is 1090 g/mol. The number of nitrogens with zero attached hydrogens (tertiary/aromatic N) is 1. The van der Waals surface area contributed by atoms with Gasteiger partial charge in [0.25, 0.3) is 0 Å². The van der Waals surface area contributed by atoms with E-state index in [9.17, 15) is 19.5 Å². The molecule has 0 N–H and O–H groups in total. The van der Waals surface area contributed by atoms with E-state index in [1.807, 2.05) is 21.1 Å². The second kappa shape index (κ2) is 59.0. The van der Waals surface area contributed by atoms with Crippen LogP contribution in [0, 0.1) is 0 Å². The molecule has 79 heavy (non-hydrogen) atoms. The quantitative estimate of drug-likeness (QED) is 0.0195. The molecule has 0 aliphatic heterocycles. The molecular weight excluding hydrogens is 983 g/mol. The van der Waals surface area contributed by atoms with Crippen molar-refractivity contribution in [2.24, 2.45) is 0 Å². The normalized spacial score (nSPS) is 13.9. The van der Waals surface area contributed by atoms with Crippen molar-refractivity contribution in [2.75, 3.05) is 47.5 Å². The van der Waals surface area contributed by atoms with Crippen molar-refractivity contribution in [3.05, 3.63) is 158 Å². The lowest BCUT2D eigenvalue weighted by molar-refractivity contribution is -0.870. The molecule has 0 heterocycles. The van der Waals surface area contributed by atoms with Crippen molar-refractivity contribution in [2.45, 2.75) is 219 Å². The van der Waals surface area contributed by atoms with Crippen molar-refractivity contribution in [1.29, 1.82) is 0 Å². The zero-order chi connectivity index (χ0) is 57.6. The molecule has 0 rings (SSSR count). The largest absolute Gasteiger partial charge is 0.545 e. The predicted molar refractivity (Wildman–Crippen MR) is 333 cm³/mol. The lowest BCUT2D eigenvalue weighted by Gasteiger charge is -2.26. The molecule has 0 aromatic rings. The summed E-state index contributed by atoms with van der Waals surface area (Å²) < 4.78 is 22.7. The Morgan fingerprint density at radius 3 is 1.08 bits per heavy atom. The molecule has 0 bridgehead atoms. The molecule has 0 amide bonds. The van der Waals surface area contributed by atoms with Crippen LogP contribution in [0.3, 0.4) is 0 Å². The molecule has 2 atom stereocenters. The summed E-state index contributed by atoms with van der Waals surface area (Å²) in [5.74, 6) is -2.36. The molecule has 0 saturated carbocycles. The van der Waals surface area contributed by atoms with Crippen molar-refractivity contribution >= 4 is 17.9 Å². The fraction of sp³-hybridized carbons (Fsp3) is 0.586. The first-order valence-electron chi connectivity index (χ1n) is 30.6. The van der Waals surface area contributed by atoms with E-state index in [1.165, 1.54) is 25.7 Å². The molecule has 0 aliphatic carbocycles. The fourth-order valence-electron chi connectivity index (χ4n) is 7.57. The Labute approximate surface area is 483 Å². The monoisotopic (exact) mass is 1090 g/mol. The number of hydrogen-bond acceptors (Lipinski definition) is 8. The van der Waals surface area contributed by atoms with Gasteiger partial charge in [-0.1, -0.05) is 223 Å². The maximum atomic E-state index is 12.9. The first kappa shape index (κ1) is 73.9. The van der Waals surface area contributed by atoms with E-state index in [2.05, 4.69) is 172 Å². The van der Waals surface area contributed by atoms with Crippen LogP contribution in [0.5, 0.6) is 0 Å². The molecule has 0 spiro atoms. The average Bonchev–Trinajstić information content (AvgIpc) is 3.42. The Balaban J connectivity index is 4.34. The van der Waals surface area contributed by atoms with Gasteiger partial charge in [0.1, 0.15) is 13.2 Å². The highest BCUT2D eigenvalue weighted by Gasteiger charge is 2.22. The molecule has 444 valence electrons. The van der Waals surface area contributed by atoms with E-state index in [-0.39, 0.29) is 38.6 Å². The van der Waals surface area contributed by atoms with Gasteiger partial charge in [-0.3, -0.25) is 9.59 Å². The van der Waals surface area contributed by atoms with Gasteiger partial charge in [-0.2, -0.15) is 0 Å². The van der Waals surface area contributed by atoms with E-state index >= 15 is 0 Å². The van der Waals surface area contributed by atoms with Crippen LogP contribution in [0.2, 0.25) is 0 Å². The third kappa shape index (κ3) is 60.4. The van der Waals surface area contributed by atoms with Gasteiger partial charge in [0.2, 0.25) is 0 Å². The number of likely N-dealkylation sites (N-methyl/N-ethyl adjacent to an activating group) is 1. The standard InChI is InChI=1S/C70H111NO8/c1-6-8-10-12-14-16-18-20-22-24-26-27-28-29-30-31-32-33-34-35-36-37-38-39-40-41-43-45-47-49-51-53-55-57-59-61-68(73)79-66(65-78-70(69(74)75)76-63-62-71(3,4)5)64-77-67(72)60-58-56-54-52-50-48-46-44-42-25-23-21-19-17-15-13-11-9-7-2/h8,10,14-17,20-23,26-27,29-30,32-33,35-36,38-39,41-44,47,49,66,70H,6-7,9,11-13,18-19,24-25,28,31,34,37,40,45-46,48,50-65H2,1-5H3/b10-8-,16-14-,17-15-,22-20-,23-21-,27-26-,30-29-,33-32-,36-35-,39-38-,43-41-,44-42-,49-47-. The molecule has 0 aromatic carbocycles. The van der Waals surface area contributed by atoms with Crippen LogP contribution in [-0.4, -0.2) is 82.3 Å². The lowest BCUT2D eigenvalue weighted by atomic mass is 10.1. The number of ether oxygens (including phenoxy) is 4. The highest BCUT2D eigenvalue weighted by molar-refractivity contribution is 5.70. The predicted octanol–water partition coefficient (Wildman–Crippen LogP) is 17.2. The fourth-order valence-corrected chi connectivity index (χ4v) is 7.57. The van der Waals surface area contributed by atoms with Crippen LogP contribution >= 0.6 is 0 Å². The van der Waals surface area contributed by atoms with Crippen LogP contribution in [-0.2, 0) is 33.3 Å². The zero-order valence-corrected chi connectivity index (χ0v) is 50.4. The Kier molecular flexibility index (Phi) is 55.2. The molecule has 0 aliphatic rings. The number of carboxylic acid groups (broad SMARTS) is 1. The Bertz CT molecular complexity index is 1850. The molecular formula is C70H111NO8. The van der Waals surface area contributed by atoms with Crippen molar-refractivity contribution < 1.29 is 42.9 Å². The third-order valence-electron chi connectivity index (χ3n) is 12.3. The molecule has 0 saturated heterocycles. The molecule has 0 radical (unpaired) electrons. The maximum absolute atomic E-state index is 12.9. The van der Waals surface area contributed by atoms with Crippen molar-refractivity contribution in [3.8, 4) is 0 Å². The van der Waals surface area contributed by atoms with Gasteiger partial charge in [0, 0.05) is 12.8 Å². The minimum absolute atomic E-state index is 0.131.